The number of nitrogens with zero attached hydrogens (tertiary/aromatic N) is 1. The number of nitrogens with two attached hydrogens (primary N) is 1. The summed E-state index contributed by atoms with van der Waals surface area (Å²) in [6.45, 7) is 5.36. The second-order valence-electron chi connectivity index (χ2n) is 6.98. The Kier molecular flexibility index (Phi) is 7.52. The molecule has 2 rings (SSSR count). The van der Waals surface area contributed by atoms with E-state index in [9.17, 15) is 19.2 Å². The molecule has 0 unspecified atom stereocenters. The molecular formula is C21H27N3O5. The molecule has 8 heteroatoms. The Balaban J connectivity index is 2.23. The van der Waals surface area contributed by atoms with Crippen LogP contribution in [0.3, 0.4) is 0 Å². The van der Waals surface area contributed by atoms with Gasteiger partial charge in [0, 0.05) is 6.54 Å². The van der Waals surface area contributed by atoms with Crippen molar-refractivity contribution < 1.29 is 14.3 Å². The molecule has 2 aromatic rings. The summed E-state index contributed by atoms with van der Waals surface area (Å²) in [7, 11) is 0. The number of nitrogen functional groups attached to an aromatic ring is 1. The summed E-state index contributed by atoms with van der Waals surface area (Å²) in [5, 5.41) is 0. The molecule has 0 fully saturated rings. The number of rotatable bonds is 9. The molecule has 0 saturated carbocycles. The third-order valence-corrected chi connectivity index (χ3v) is 4.94. The molecule has 29 heavy (non-hydrogen) atoms. The van der Waals surface area contributed by atoms with E-state index in [4.69, 9.17) is 10.5 Å². The van der Waals surface area contributed by atoms with Gasteiger partial charge in [0.05, 0.1) is 5.92 Å². The van der Waals surface area contributed by atoms with Crippen LogP contribution in [0.5, 0.6) is 0 Å². The van der Waals surface area contributed by atoms with Crippen LogP contribution in [-0.4, -0.2) is 27.9 Å². The lowest BCUT2D eigenvalue weighted by Crippen LogP contribution is -2.37. The number of esters is 1. The van der Waals surface area contributed by atoms with Crippen molar-refractivity contribution in [3.05, 3.63) is 62.3 Å². The maximum atomic E-state index is 12.7. The third-order valence-electron chi connectivity index (χ3n) is 4.94. The van der Waals surface area contributed by atoms with Crippen LogP contribution in [0.1, 0.15) is 55.5 Å². The highest BCUT2D eigenvalue weighted by molar-refractivity contribution is 6.01. The molecule has 0 spiro atoms. The van der Waals surface area contributed by atoms with Crippen molar-refractivity contribution in [2.45, 2.75) is 46.1 Å². The maximum Gasteiger partial charge on any atom is 0.329 e. The molecule has 0 saturated heterocycles. The number of nitrogens with one attached hydrogen (secondary N) is 1. The first-order chi connectivity index (χ1) is 13.8. The smallest absolute Gasteiger partial charge is 0.329 e. The molecule has 0 radical (unpaired) electrons. The second-order valence-corrected chi connectivity index (χ2v) is 6.98. The fourth-order valence-corrected chi connectivity index (χ4v) is 3.19. The van der Waals surface area contributed by atoms with E-state index in [0.29, 0.717) is 6.42 Å². The number of aromatic nitrogens is 2. The van der Waals surface area contributed by atoms with Gasteiger partial charge in [-0.2, -0.15) is 0 Å². The van der Waals surface area contributed by atoms with Crippen molar-refractivity contribution in [2.24, 2.45) is 5.92 Å². The van der Waals surface area contributed by atoms with Crippen LogP contribution in [0, 0.1) is 5.92 Å². The van der Waals surface area contributed by atoms with Gasteiger partial charge in [-0.1, -0.05) is 57.5 Å². The summed E-state index contributed by atoms with van der Waals surface area (Å²) < 4.78 is 6.38. The average Bonchev–Trinajstić information content (AvgIpc) is 2.70. The van der Waals surface area contributed by atoms with Crippen LogP contribution in [0.15, 0.2) is 39.9 Å². The van der Waals surface area contributed by atoms with Gasteiger partial charge in [-0.25, -0.2) is 4.79 Å². The highest BCUT2D eigenvalue weighted by Gasteiger charge is 2.28. The van der Waals surface area contributed by atoms with Gasteiger partial charge in [0.15, 0.2) is 6.61 Å². The Morgan fingerprint density at radius 3 is 2.41 bits per heavy atom. The Hall–Kier alpha value is -3.16. The number of carbonyl (C=O) groups excluding carboxylic acids is 2. The van der Waals surface area contributed by atoms with Crippen molar-refractivity contribution in [3.8, 4) is 0 Å². The van der Waals surface area contributed by atoms with Gasteiger partial charge in [0.1, 0.15) is 11.4 Å². The molecule has 0 aliphatic heterocycles. The van der Waals surface area contributed by atoms with E-state index in [1.807, 2.05) is 51.1 Å². The van der Waals surface area contributed by atoms with Gasteiger partial charge in [0.25, 0.3) is 5.56 Å². The topological polar surface area (TPSA) is 124 Å². The summed E-state index contributed by atoms with van der Waals surface area (Å²) in [5.41, 5.74) is 4.75. The summed E-state index contributed by atoms with van der Waals surface area (Å²) in [4.78, 5) is 51.4. The van der Waals surface area contributed by atoms with Crippen LogP contribution in [0.4, 0.5) is 5.82 Å². The number of ether oxygens (including phenoxy) is 1. The number of carbonyl (C=O) groups is 2. The van der Waals surface area contributed by atoms with E-state index in [-0.39, 0.29) is 23.8 Å². The zero-order valence-corrected chi connectivity index (χ0v) is 16.9. The summed E-state index contributed by atoms with van der Waals surface area (Å²) >= 11 is 0. The number of aromatic amines is 1. The molecule has 0 amide bonds. The highest BCUT2D eigenvalue weighted by atomic mass is 16.5. The minimum Gasteiger partial charge on any atom is -0.457 e. The van der Waals surface area contributed by atoms with E-state index in [0.717, 1.165) is 16.6 Å². The van der Waals surface area contributed by atoms with E-state index in [2.05, 4.69) is 4.98 Å². The van der Waals surface area contributed by atoms with Crippen LogP contribution < -0.4 is 17.0 Å². The molecule has 1 aromatic carbocycles. The number of benzene rings is 1. The zero-order valence-electron chi connectivity index (χ0n) is 16.9. The number of Topliss-reactive ketones (excluding diaryl/α,β-unsaturated/α-hetero) is 1. The molecule has 0 bridgehead atoms. The van der Waals surface area contributed by atoms with Gasteiger partial charge in [0.2, 0.25) is 5.78 Å². The number of anilines is 1. The Bertz CT molecular complexity index is 978. The maximum absolute atomic E-state index is 12.7. The first-order valence-corrected chi connectivity index (χ1v) is 9.69. The minimum atomic E-state index is -0.887. The summed E-state index contributed by atoms with van der Waals surface area (Å²) in [6, 6.07) is 9.19. The van der Waals surface area contributed by atoms with Crippen LogP contribution in [0.2, 0.25) is 0 Å². The molecule has 2 atom stereocenters. The first-order valence-electron chi connectivity index (χ1n) is 9.69. The van der Waals surface area contributed by atoms with E-state index >= 15 is 0 Å². The van der Waals surface area contributed by atoms with E-state index < -0.39 is 35.5 Å². The van der Waals surface area contributed by atoms with Crippen molar-refractivity contribution in [2.75, 3.05) is 12.3 Å². The fraction of sp³-hybridized carbons (Fsp3) is 0.429. The van der Waals surface area contributed by atoms with E-state index in [1.165, 1.54) is 0 Å². The molecule has 3 N–H and O–H groups in total. The summed E-state index contributed by atoms with van der Waals surface area (Å²) in [5.74, 6) is -2.05. The molecule has 1 aromatic heterocycles. The zero-order chi connectivity index (χ0) is 21.6. The number of hydrogen-bond donors (Lipinski definition) is 2. The lowest BCUT2D eigenvalue weighted by Gasteiger charge is -2.21. The summed E-state index contributed by atoms with van der Waals surface area (Å²) in [6.07, 6.45) is 1.34. The van der Waals surface area contributed by atoms with Crippen LogP contribution in [-0.2, 0) is 16.1 Å². The Morgan fingerprint density at radius 2 is 1.83 bits per heavy atom. The Labute approximate surface area is 168 Å². The molecule has 0 aliphatic carbocycles. The predicted molar refractivity (Wildman–Crippen MR) is 110 cm³/mol. The fourth-order valence-electron chi connectivity index (χ4n) is 3.19. The van der Waals surface area contributed by atoms with Crippen molar-refractivity contribution in [1.29, 1.82) is 0 Å². The van der Waals surface area contributed by atoms with Gasteiger partial charge in [-0.05, 0) is 17.9 Å². The molecule has 156 valence electrons. The molecule has 0 aliphatic rings. The van der Waals surface area contributed by atoms with Gasteiger partial charge < -0.3 is 10.5 Å². The molecular weight excluding hydrogens is 374 g/mol. The second kappa shape index (κ2) is 9.86. The number of ketones is 1. The van der Waals surface area contributed by atoms with Crippen molar-refractivity contribution >= 4 is 17.6 Å². The number of hydrogen-bond acceptors (Lipinski definition) is 6. The average molecular weight is 401 g/mol. The lowest BCUT2D eigenvalue weighted by atomic mass is 9.85. The highest BCUT2D eigenvalue weighted by Crippen LogP contribution is 2.28. The monoisotopic (exact) mass is 401 g/mol. The standard InChI is InChI=1S/C21H27N3O5/c1-4-11-24-18(22)17(19(26)23-21(24)28)15(25)12-29-20(27)16(13(3)5-2)14-9-7-6-8-10-14/h6-10,13,16H,4-5,11-12,22H2,1-3H3,(H,23,26,28)/t13-,16+/m0/s1. The minimum absolute atomic E-state index is 0.0000616. The normalized spacial score (nSPS) is 12.9. The first kappa shape index (κ1) is 22.1. The SMILES string of the molecule is CCCn1c(N)c(C(=O)COC(=O)[C@@H](c2ccccc2)[C@@H](C)CC)c(=O)[nH]c1=O. The third kappa shape index (κ3) is 5.01. The molecule has 1 heterocycles. The van der Waals surface area contributed by atoms with Crippen LogP contribution in [0.25, 0.3) is 0 Å². The van der Waals surface area contributed by atoms with Crippen LogP contribution >= 0.6 is 0 Å². The Morgan fingerprint density at radius 1 is 1.17 bits per heavy atom. The lowest BCUT2D eigenvalue weighted by molar-refractivity contribution is -0.145. The van der Waals surface area contributed by atoms with Crippen molar-refractivity contribution in [1.82, 2.24) is 9.55 Å². The van der Waals surface area contributed by atoms with Crippen molar-refractivity contribution in [3.63, 3.8) is 0 Å². The van der Waals surface area contributed by atoms with E-state index in [1.54, 1.807) is 0 Å². The number of H-pyrrole nitrogens is 1. The predicted octanol–water partition coefficient (Wildman–Crippen LogP) is 2.08. The van der Waals surface area contributed by atoms with Gasteiger partial charge >= 0.3 is 11.7 Å². The molecule has 8 nitrogen and oxygen atoms in total. The van der Waals surface area contributed by atoms with Gasteiger partial charge in [-0.3, -0.25) is 23.9 Å². The quantitative estimate of drug-likeness (QED) is 0.490. The van der Waals surface area contributed by atoms with Gasteiger partial charge in [-0.15, -0.1) is 0 Å². The largest absolute Gasteiger partial charge is 0.457 e.